The molecule has 0 saturated carbocycles. The third-order valence-corrected chi connectivity index (χ3v) is 2.69. The number of rotatable bonds is 0. The SMILES string of the molecule is CC1OC1Br.CC1OC1Cl. The normalized spacial score (nSPS) is 49.2. The Hall–Kier alpha value is 0.690. The maximum absolute atomic E-state index is 5.31. The molecule has 2 aliphatic rings. The average Bonchev–Trinajstić information content (AvgIpc) is 2.62. The summed E-state index contributed by atoms with van der Waals surface area (Å²) in [4.78, 5) is 0. The van der Waals surface area contributed by atoms with Crippen LogP contribution in [0.25, 0.3) is 0 Å². The Morgan fingerprint density at radius 3 is 1.40 bits per heavy atom. The maximum atomic E-state index is 5.31. The maximum Gasteiger partial charge on any atom is 0.157 e. The molecule has 0 radical (unpaired) electrons. The van der Waals surface area contributed by atoms with Crippen LogP contribution in [0.3, 0.4) is 0 Å². The molecule has 0 N–H and O–H groups in total. The molecule has 0 amide bonds. The second-order valence-corrected chi connectivity index (χ2v) is 3.72. The molecule has 60 valence electrons. The van der Waals surface area contributed by atoms with Gasteiger partial charge < -0.3 is 9.47 Å². The molecule has 10 heavy (non-hydrogen) atoms. The van der Waals surface area contributed by atoms with Gasteiger partial charge in [0.15, 0.2) is 5.56 Å². The first kappa shape index (κ1) is 8.78. The Morgan fingerprint density at radius 2 is 1.40 bits per heavy atom. The first-order valence-corrected chi connectivity index (χ1v) is 4.55. The number of hydrogen-bond acceptors (Lipinski definition) is 2. The van der Waals surface area contributed by atoms with Crippen LogP contribution in [0.15, 0.2) is 0 Å². The van der Waals surface area contributed by atoms with Gasteiger partial charge in [0.25, 0.3) is 0 Å². The fraction of sp³-hybridized carbons (Fsp3) is 1.00. The lowest BCUT2D eigenvalue weighted by Gasteiger charge is -1.55. The highest BCUT2D eigenvalue weighted by molar-refractivity contribution is 9.09. The third kappa shape index (κ3) is 3.19. The minimum atomic E-state index is 0.0231. The summed E-state index contributed by atoms with van der Waals surface area (Å²) in [5.41, 5.74) is 0.0231. The third-order valence-electron chi connectivity index (χ3n) is 1.27. The predicted octanol–water partition coefficient (Wildman–Crippen LogP) is 2.10. The van der Waals surface area contributed by atoms with E-state index in [9.17, 15) is 0 Å². The Labute approximate surface area is 74.0 Å². The molecule has 4 heteroatoms. The van der Waals surface area contributed by atoms with Gasteiger partial charge in [0.05, 0.1) is 12.2 Å². The van der Waals surface area contributed by atoms with E-state index in [2.05, 4.69) is 20.7 Å². The van der Waals surface area contributed by atoms with E-state index in [1.807, 2.05) is 13.8 Å². The van der Waals surface area contributed by atoms with E-state index in [0.717, 1.165) is 0 Å². The fourth-order valence-corrected chi connectivity index (χ4v) is 0.822. The van der Waals surface area contributed by atoms with Gasteiger partial charge in [0, 0.05) is 0 Å². The average molecular weight is 230 g/mol. The zero-order valence-electron chi connectivity index (χ0n) is 5.88. The fourth-order valence-electron chi connectivity index (χ4n) is 0.319. The second-order valence-electron chi connectivity index (χ2n) is 2.38. The van der Waals surface area contributed by atoms with E-state index in [-0.39, 0.29) is 5.56 Å². The number of epoxide rings is 2. The van der Waals surface area contributed by atoms with Gasteiger partial charge in [-0.3, -0.25) is 0 Å². The molecule has 2 rings (SSSR count). The zero-order chi connectivity index (χ0) is 7.72. The lowest BCUT2D eigenvalue weighted by Crippen LogP contribution is -1.69. The smallest absolute Gasteiger partial charge is 0.157 e. The molecular formula is C6H10BrClO2. The molecule has 2 heterocycles. The minimum Gasteiger partial charge on any atom is -0.358 e. The summed E-state index contributed by atoms with van der Waals surface area (Å²) in [6.45, 7) is 3.97. The Kier molecular flexibility index (Phi) is 2.98. The van der Waals surface area contributed by atoms with Crippen LogP contribution in [0.1, 0.15) is 13.8 Å². The van der Waals surface area contributed by atoms with Crippen molar-refractivity contribution in [1.82, 2.24) is 0 Å². The topological polar surface area (TPSA) is 25.1 Å². The monoisotopic (exact) mass is 228 g/mol. The summed E-state index contributed by atoms with van der Waals surface area (Å²) in [7, 11) is 0. The summed E-state index contributed by atoms with van der Waals surface area (Å²) in [6.07, 6.45) is 0.784. The van der Waals surface area contributed by atoms with Gasteiger partial charge in [-0.25, -0.2) is 0 Å². The van der Waals surface area contributed by atoms with E-state index in [1.54, 1.807) is 0 Å². The summed E-state index contributed by atoms with van der Waals surface area (Å²) < 4.78 is 9.52. The van der Waals surface area contributed by atoms with Crippen LogP contribution < -0.4 is 0 Å². The standard InChI is InChI=1S/C3H5BrO.C3H5ClO/c2*1-2-3(4)5-2/h2*2-3H,1H3. The molecule has 0 aromatic carbocycles. The lowest BCUT2D eigenvalue weighted by atomic mass is 10.6. The highest BCUT2D eigenvalue weighted by Crippen LogP contribution is 2.26. The highest BCUT2D eigenvalue weighted by atomic mass is 79.9. The first-order valence-electron chi connectivity index (χ1n) is 3.20. The lowest BCUT2D eigenvalue weighted by molar-refractivity contribution is 0.411. The molecule has 0 spiro atoms. The van der Waals surface area contributed by atoms with Crippen molar-refractivity contribution in [2.45, 2.75) is 36.6 Å². The van der Waals surface area contributed by atoms with Gasteiger partial charge >= 0.3 is 0 Å². The van der Waals surface area contributed by atoms with Gasteiger partial charge in [0.1, 0.15) is 5.01 Å². The number of hydrogen-bond donors (Lipinski definition) is 0. The van der Waals surface area contributed by atoms with Crippen molar-refractivity contribution >= 4 is 27.5 Å². The van der Waals surface area contributed by atoms with Gasteiger partial charge in [0.2, 0.25) is 0 Å². The Balaban J connectivity index is 0.0000001000. The van der Waals surface area contributed by atoms with Crippen molar-refractivity contribution in [2.75, 3.05) is 0 Å². The number of halogens is 2. The van der Waals surface area contributed by atoms with Crippen LogP contribution in [-0.2, 0) is 9.47 Å². The molecular weight excluding hydrogens is 219 g/mol. The van der Waals surface area contributed by atoms with Crippen molar-refractivity contribution in [2.24, 2.45) is 0 Å². The van der Waals surface area contributed by atoms with Crippen molar-refractivity contribution in [3.63, 3.8) is 0 Å². The summed E-state index contributed by atoms with van der Waals surface area (Å²) >= 11 is 8.54. The largest absolute Gasteiger partial charge is 0.358 e. The predicted molar refractivity (Wildman–Crippen MR) is 43.5 cm³/mol. The van der Waals surface area contributed by atoms with Crippen LogP contribution in [-0.4, -0.2) is 22.8 Å². The van der Waals surface area contributed by atoms with Crippen LogP contribution in [0, 0.1) is 0 Å². The van der Waals surface area contributed by atoms with Crippen molar-refractivity contribution < 1.29 is 9.47 Å². The molecule has 4 atom stereocenters. The van der Waals surface area contributed by atoms with Gasteiger partial charge in [-0.1, -0.05) is 27.5 Å². The summed E-state index contributed by atoms with van der Waals surface area (Å²) in [6, 6.07) is 0. The van der Waals surface area contributed by atoms with Crippen LogP contribution in [0.2, 0.25) is 0 Å². The molecule has 2 saturated heterocycles. The van der Waals surface area contributed by atoms with E-state index < -0.39 is 0 Å². The van der Waals surface area contributed by atoms with Gasteiger partial charge in [-0.2, -0.15) is 0 Å². The highest BCUT2D eigenvalue weighted by Gasteiger charge is 2.31. The van der Waals surface area contributed by atoms with Crippen molar-refractivity contribution in [3.05, 3.63) is 0 Å². The molecule has 0 aromatic heterocycles. The van der Waals surface area contributed by atoms with Gasteiger partial charge in [-0.05, 0) is 13.8 Å². The molecule has 0 aliphatic carbocycles. The van der Waals surface area contributed by atoms with E-state index in [1.165, 1.54) is 0 Å². The Morgan fingerprint density at radius 1 is 1.20 bits per heavy atom. The summed E-state index contributed by atoms with van der Waals surface area (Å²) in [5, 5.41) is 0.363. The molecule has 0 aromatic rings. The molecule has 2 nitrogen and oxygen atoms in total. The summed E-state index contributed by atoms with van der Waals surface area (Å²) in [5.74, 6) is 0. The quantitative estimate of drug-likeness (QED) is 0.469. The van der Waals surface area contributed by atoms with Crippen LogP contribution in [0.5, 0.6) is 0 Å². The van der Waals surface area contributed by atoms with Crippen molar-refractivity contribution in [3.8, 4) is 0 Å². The van der Waals surface area contributed by atoms with E-state index in [4.69, 9.17) is 16.3 Å². The van der Waals surface area contributed by atoms with E-state index >= 15 is 0 Å². The van der Waals surface area contributed by atoms with Gasteiger partial charge in [-0.15, -0.1) is 0 Å². The number of alkyl halides is 2. The van der Waals surface area contributed by atoms with Crippen LogP contribution in [0.4, 0.5) is 0 Å². The Bertz CT molecular complexity index is 96.3. The van der Waals surface area contributed by atoms with Crippen molar-refractivity contribution in [1.29, 1.82) is 0 Å². The van der Waals surface area contributed by atoms with Crippen LogP contribution >= 0.6 is 27.5 Å². The molecule has 0 bridgehead atoms. The molecule has 2 fully saturated rings. The first-order chi connectivity index (χ1) is 4.61. The van der Waals surface area contributed by atoms with E-state index in [0.29, 0.717) is 17.2 Å². The minimum absolute atomic E-state index is 0.0231. The number of ether oxygens (including phenoxy) is 2. The molecule has 4 unspecified atom stereocenters. The second kappa shape index (κ2) is 3.39. The molecule has 2 aliphatic heterocycles. The zero-order valence-corrected chi connectivity index (χ0v) is 8.22.